The van der Waals surface area contributed by atoms with Crippen LogP contribution in [0.15, 0.2) is 24.8 Å². The summed E-state index contributed by atoms with van der Waals surface area (Å²) in [6.07, 6.45) is 5.18. The van der Waals surface area contributed by atoms with Gasteiger partial charge < -0.3 is 9.47 Å². The van der Waals surface area contributed by atoms with E-state index in [2.05, 4.69) is 6.58 Å². The Hall–Kier alpha value is -0.930. The van der Waals surface area contributed by atoms with Crippen LogP contribution in [0.3, 0.4) is 0 Å². The Morgan fingerprint density at radius 1 is 1.21 bits per heavy atom. The summed E-state index contributed by atoms with van der Waals surface area (Å²) in [7, 11) is 0. The smallest absolute Gasteiger partial charge is 0.154 e. The van der Waals surface area contributed by atoms with Gasteiger partial charge in [-0.25, -0.2) is 0 Å². The zero-order valence-corrected chi connectivity index (χ0v) is 9.23. The molecule has 0 atom stereocenters. The number of aldehydes is 1. The van der Waals surface area contributed by atoms with Gasteiger partial charge >= 0.3 is 0 Å². The third-order valence-electron chi connectivity index (χ3n) is 1.13. The topological polar surface area (TPSA) is 35.5 Å². The fraction of sp³-hybridized carbons (Fsp3) is 0.545. The SMILES string of the molecule is C=C/C=C\C=O.CCOC(C)OCC. The summed E-state index contributed by atoms with van der Waals surface area (Å²) in [5, 5.41) is 0. The summed E-state index contributed by atoms with van der Waals surface area (Å²) in [4.78, 5) is 9.43. The summed E-state index contributed by atoms with van der Waals surface area (Å²) in [5.74, 6) is 0. The van der Waals surface area contributed by atoms with Gasteiger partial charge in [-0.3, -0.25) is 4.79 Å². The fourth-order valence-electron chi connectivity index (χ4n) is 0.641. The lowest BCUT2D eigenvalue weighted by Crippen LogP contribution is -2.11. The molecule has 0 N–H and O–H groups in total. The molecule has 0 spiro atoms. The van der Waals surface area contributed by atoms with Gasteiger partial charge in [-0.1, -0.05) is 18.7 Å². The van der Waals surface area contributed by atoms with E-state index in [4.69, 9.17) is 9.47 Å². The van der Waals surface area contributed by atoms with Gasteiger partial charge in [0.1, 0.15) is 6.29 Å². The minimum atomic E-state index is -0.0370. The second-order valence-corrected chi connectivity index (χ2v) is 2.23. The highest BCUT2D eigenvalue weighted by molar-refractivity contribution is 5.65. The van der Waals surface area contributed by atoms with Crippen LogP contribution in [-0.2, 0) is 14.3 Å². The van der Waals surface area contributed by atoms with E-state index in [1.54, 1.807) is 12.2 Å². The molecule has 14 heavy (non-hydrogen) atoms. The highest BCUT2D eigenvalue weighted by Gasteiger charge is 1.94. The van der Waals surface area contributed by atoms with E-state index in [1.165, 1.54) is 6.08 Å². The fourth-order valence-corrected chi connectivity index (χ4v) is 0.641. The largest absolute Gasteiger partial charge is 0.353 e. The highest BCUT2D eigenvalue weighted by atomic mass is 16.7. The Balaban J connectivity index is 0. The lowest BCUT2D eigenvalue weighted by molar-refractivity contribution is -0.123. The van der Waals surface area contributed by atoms with Crippen LogP contribution < -0.4 is 0 Å². The van der Waals surface area contributed by atoms with E-state index in [1.807, 2.05) is 20.8 Å². The molecule has 0 rings (SSSR count). The third kappa shape index (κ3) is 17.2. The number of hydrogen-bond donors (Lipinski definition) is 0. The van der Waals surface area contributed by atoms with Gasteiger partial charge in [-0.15, -0.1) is 0 Å². The number of carbonyl (C=O) groups is 1. The second-order valence-electron chi connectivity index (χ2n) is 2.23. The van der Waals surface area contributed by atoms with Crippen molar-refractivity contribution < 1.29 is 14.3 Å². The van der Waals surface area contributed by atoms with Crippen LogP contribution in [-0.4, -0.2) is 25.8 Å². The molecular formula is C11H20O3. The predicted octanol–water partition coefficient (Wildman–Crippen LogP) is 2.33. The van der Waals surface area contributed by atoms with Crippen LogP contribution in [0.5, 0.6) is 0 Å². The van der Waals surface area contributed by atoms with E-state index >= 15 is 0 Å². The van der Waals surface area contributed by atoms with Crippen LogP contribution in [0.4, 0.5) is 0 Å². The zero-order valence-electron chi connectivity index (χ0n) is 9.23. The molecule has 0 unspecified atom stereocenters. The summed E-state index contributed by atoms with van der Waals surface area (Å²) >= 11 is 0. The monoisotopic (exact) mass is 200 g/mol. The Kier molecular flexibility index (Phi) is 16.2. The number of ether oxygens (including phenoxy) is 2. The van der Waals surface area contributed by atoms with Crippen molar-refractivity contribution in [3.63, 3.8) is 0 Å². The molecule has 0 radical (unpaired) electrons. The first-order valence-electron chi connectivity index (χ1n) is 4.68. The van der Waals surface area contributed by atoms with Crippen LogP contribution >= 0.6 is 0 Å². The quantitative estimate of drug-likeness (QED) is 0.286. The van der Waals surface area contributed by atoms with Gasteiger partial charge in [0.05, 0.1) is 0 Å². The summed E-state index contributed by atoms with van der Waals surface area (Å²) in [6, 6.07) is 0. The molecule has 0 aromatic rings. The van der Waals surface area contributed by atoms with Gasteiger partial charge in [0, 0.05) is 13.2 Å². The van der Waals surface area contributed by atoms with Crippen molar-refractivity contribution in [1.82, 2.24) is 0 Å². The number of allylic oxidation sites excluding steroid dienone is 3. The van der Waals surface area contributed by atoms with Crippen molar-refractivity contribution in [3.8, 4) is 0 Å². The van der Waals surface area contributed by atoms with Gasteiger partial charge in [0.25, 0.3) is 0 Å². The molecule has 0 aliphatic carbocycles. The van der Waals surface area contributed by atoms with E-state index < -0.39 is 0 Å². The van der Waals surface area contributed by atoms with Crippen molar-refractivity contribution in [2.24, 2.45) is 0 Å². The molecule has 3 heteroatoms. The summed E-state index contributed by atoms with van der Waals surface area (Å²) in [6.45, 7) is 10.6. The molecule has 0 fully saturated rings. The molecule has 82 valence electrons. The summed E-state index contributed by atoms with van der Waals surface area (Å²) < 4.78 is 10.1. The van der Waals surface area contributed by atoms with Crippen molar-refractivity contribution in [2.75, 3.05) is 13.2 Å². The van der Waals surface area contributed by atoms with Crippen LogP contribution in [0.25, 0.3) is 0 Å². The first-order chi connectivity index (χ1) is 6.72. The molecule has 0 aromatic carbocycles. The minimum absolute atomic E-state index is 0.0370. The molecule has 0 aliphatic heterocycles. The van der Waals surface area contributed by atoms with Crippen molar-refractivity contribution in [2.45, 2.75) is 27.1 Å². The maximum atomic E-state index is 9.43. The molecule has 0 saturated carbocycles. The average Bonchev–Trinajstić information content (AvgIpc) is 2.16. The first kappa shape index (κ1) is 15.5. The van der Waals surface area contributed by atoms with Crippen molar-refractivity contribution in [1.29, 1.82) is 0 Å². The van der Waals surface area contributed by atoms with Crippen LogP contribution in [0.1, 0.15) is 20.8 Å². The minimum Gasteiger partial charge on any atom is -0.353 e. The number of carbonyl (C=O) groups excluding carboxylic acids is 1. The standard InChI is InChI=1S/C6H14O2.C5H6O/c1-4-7-6(3)8-5-2;1-2-3-4-5-6/h6H,4-5H2,1-3H3;2-5H,1H2/b;4-3-. The number of rotatable bonds is 6. The molecule has 0 amide bonds. The summed E-state index contributed by atoms with van der Waals surface area (Å²) in [5.41, 5.74) is 0. The maximum absolute atomic E-state index is 9.43. The Labute approximate surface area is 86.4 Å². The second kappa shape index (κ2) is 14.6. The zero-order chi connectivity index (χ0) is 11.2. The normalized spacial score (nSPS) is 9.71. The van der Waals surface area contributed by atoms with Gasteiger partial charge in [0.2, 0.25) is 0 Å². The Bertz CT molecular complexity index is 137. The van der Waals surface area contributed by atoms with E-state index in [0.717, 1.165) is 13.2 Å². The highest BCUT2D eigenvalue weighted by Crippen LogP contribution is 1.90. The average molecular weight is 200 g/mol. The van der Waals surface area contributed by atoms with Crippen molar-refractivity contribution >= 4 is 6.29 Å². The van der Waals surface area contributed by atoms with Crippen molar-refractivity contribution in [3.05, 3.63) is 24.8 Å². The van der Waals surface area contributed by atoms with Gasteiger partial charge in [0.15, 0.2) is 6.29 Å². The van der Waals surface area contributed by atoms with Gasteiger partial charge in [-0.05, 0) is 26.8 Å². The molecule has 0 bridgehead atoms. The Morgan fingerprint density at radius 3 is 1.93 bits per heavy atom. The predicted molar refractivity (Wildman–Crippen MR) is 58.1 cm³/mol. The van der Waals surface area contributed by atoms with Crippen LogP contribution in [0, 0.1) is 0 Å². The molecule has 0 aromatic heterocycles. The molecule has 0 heterocycles. The molecular weight excluding hydrogens is 180 g/mol. The third-order valence-corrected chi connectivity index (χ3v) is 1.13. The Morgan fingerprint density at radius 2 is 1.71 bits per heavy atom. The lowest BCUT2D eigenvalue weighted by Gasteiger charge is -2.09. The number of hydrogen-bond acceptors (Lipinski definition) is 3. The lowest BCUT2D eigenvalue weighted by atomic mass is 10.5. The molecule has 0 aliphatic rings. The van der Waals surface area contributed by atoms with Gasteiger partial charge in [-0.2, -0.15) is 0 Å². The van der Waals surface area contributed by atoms with E-state index in [-0.39, 0.29) is 6.29 Å². The van der Waals surface area contributed by atoms with E-state index in [0.29, 0.717) is 6.29 Å². The maximum Gasteiger partial charge on any atom is 0.154 e. The first-order valence-corrected chi connectivity index (χ1v) is 4.68. The van der Waals surface area contributed by atoms with Crippen LogP contribution in [0.2, 0.25) is 0 Å². The van der Waals surface area contributed by atoms with E-state index in [9.17, 15) is 4.79 Å². The molecule has 0 saturated heterocycles. The molecule has 3 nitrogen and oxygen atoms in total.